The molecule has 4 rings (SSSR count). The molecule has 11 heteroatoms. The Morgan fingerprint density at radius 1 is 1.19 bits per heavy atom. The van der Waals surface area contributed by atoms with Crippen LogP contribution in [-0.2, 0) is 4.79 Å². The van der Waals surface area contributed by atoms with Gasteiger partial charge >= 0.3 is 0 Å². The van der Waals surface area contributed by atoms with Gasteiger partial charge in [-0.3, -0.25) is 9.59 Å². The van der Waals surface area contributed by atoms with Gasteiger partial charge in [0, 0.05) is 29.3 Å². The zero-order valence-corrected chi connectivity index (χ0v) is 20.7. The van der Waals surface area contributed by atoms with E-state index in [0.29, 0.717) is 18.7 Å². The minimum absolute atomic E-state index is 0.0492. The Kier molecular flexibility index (Phi) is 7.63. The molecule has 3 heterocycles. The molecular weight excluding hydrogens is 497 g/mol. The minimum atomic E-state index is -2.62. The molecule has 2 aromatic rings. The molecule has 0 saturated carbocycles. The third kappa shape index (κ3) is 5.86. The van der Waals surface area contributed by atoms with E-state index in [2.05, 4.69) is 20.5 Å². The summed E-state index contributed by atoms with van der Waals surface area (Å²) in [5.41, 5.74) is -1.08. The van der Waals surface area contributed by atoms with Gasteiger partial charge in [0.2, 0.25) is 0 Å². The van der Waals surface area contributed by atoms with E-state index < -0.39 is 30.3 Å². The molecule has 2 aliphatic heterocycles. The first-order valence-corrected chi connectivity index (χ1v) is 12.2. The molecular formula is C25H28ClF3N4O3. The average molecular weight is 525 g/mol. The van der Waals surface area contributed by atoms with Gasteiger partial charge < -0.3 is 20.3 Å². The molecule has 2 saturated heterocycles. The van der Waals surface area contributed by atoms with Crippen LogP contribution in [0.4, 0.5) is 19.0 Å². The van der Waals surface area contributed by atoms with Gasteiger partial charge in [0.1, 0.15) is 5.82 Å². The SMILES string of the molecule is CC(C)(Oc1ccc(Cl)cc1F)C(=O)NC1C[C@H]2CC[C@@H](C1)N2c1ccc(C(=O)NCC(F)F)cn1. The topological polar surface area (TPSA) is 83.6 Å². The van der Waals surface area contributed by atoms with Gasteiger partial charge in [-0.2, -0.15) is 0 Å². The van der Waals surface area contributed by atoms with Gasteiger partial charge in [-0.05, 0) is 69.9 Å². The first kappa shape index (κ1) is 26.1. The number of nitrogens with zero attached hydrogens (tertiary/aromatic N) is 2. The lowest BCUT2D eigenvalue weighted by Gasteiger charge is -2.40. The van der Waals surface area contributed by atoms with Crippen LogP contribution in [0.3, 0.4) is 0 Å². The van der Waals surface area contributed by atoms with Crippen LogP contribution in [0.5, 0.6) is 5.75 Å². The van der Waals surface area contributed by atoms with Crippen LogP contribution in [0.1, 0.15) is 49.9 Å². The van der Waals surface area contributed by atoms with Crippen molar-refractivity contribution >= 4 is 29.2 Å². The number of aromatic nitrogens is 1. The van der Waals surface area contributed by atoms with Crippen molar-refractivity contribution in [2.75, 3.05) is 11.4 Å². The van der Waals surface area contributed by atoms with E-state index in [1.165, 1.54) is 18.3 Å². The number of ether oxygens (including phenoxy) is 1. The summed E-state index contributed by atoms with van der Waals surface area (Å²) in [7, 11) is 0. The van der Waals surface area contributed by atoms with Crippen molar-refractivity contribution in [2.24, 2.45) is 0 Å². The Bertz CT molecular complexity index is 1100. The van der Waals surface area contributed by atoms with E-state index in [4.69, 9.17) is 16.3 Å². The molecule has 3 atom stereocenters. The Labute approximate surface area is 212 Å². The number of fused-ring (bicyclic) bond motifs is 2. The maximum Gasteiger partial charge on any atom is 0.263 e. The number of nitrogens with one attached hydrogen (secondary N) is 2. The molecule has 36 heavy (non-hydrogen) atoms. The van der Waals surface area contributed by atoms with Crippen molar-refractivity contribution in [3.63, 3.8) is 0 Å². The van der Waals surface area contributed by atoms with Crippen molar-refractivity contribution in [3.8, 4) is 5.75 Å². The molecule has 1 aromatic heterocycles. The molecule has 1 unspecified atom stereocenters. The molecule has 2 amide bonds. The van der Waals surface area contributed by atoms with Gasteiger partial charge in [0.15, 0.2) is 17.2 Å². The number of carbonyl (C=O) groups is 2. The summed E-state index contributed by atoms with van der Waals surface area (Å²) in [5.74, 6) is -0.916. The zero-order valence-electron chi connectivity index (χ0n) is 19.9. The summed E-state index contributed by atoms with van der Waals surface area (Å²) in [6, 6.07) is 7.54. The molecule has 2 N–H and O–H groups in total. The highest BCUT2D eigenvalue weighted by Crippen LogP contribution is 2.39. The Balaban J connectivity index is 1.36. The van der Waals surface area contributed by atoms with Crippen LogP contribution in [0.25, 0.3) is 0 Å². The fraction of sp³-hybridized carbons (Fsp3) is 0.480. The highest BCUT2D eigenvalue weighted by Gasteiger charge is 2.43. The first-order chi connectivity index (χ1) is 17.0. The number of pyridine rings is 1. The second kappa shape index (κ2) is 10.5. The molecule has 2 aliphatic rings. The summed E-state index contributed by atoms with van der Waals surface area (Å²) in [6.07, 6.45) is 2.04. The van der Waals surface area contributed by atoms with E-state index in [-0.39, 0.29) is 40.4 Å². The molecule has 194 valence electrons. The molecule has 2 fully saturated rings. The molecule has 7 nitrogen and oxygen atoms in total. The number of hydrogen-bond donors (Lipinski definition) is 2. The van der Waals surface area contributed by atoms with Crippen molar-refractivity contribution in [3.05, 3.63) is 52.9 Å². The van der Waals surface area contributed by atoms with Crippen LogP contribution in [0.2, 0.25) is 5.02 Å². The number of anilines is 1. The first-order valence-electron chi connectivity index (χ1n) is 11.8. The fourth-order valence-corrected chi connectivity index (χ4v) is 5.01. The highest BCUT2D eigenvalue weighted by atomic mass is 35.5. The van der Waals surface area contributed by atoms with Gasteiger partial charge in [0.05, 0.1) is 12.1 Å². The summed E-state index contributed by atoms with van der Waals surface area (Å²) in [5, 5.41) is 5.46. The van der Waals surface area contributed by atoms with E-state index in [0.717, 1.165) is 18.9 Å². The van der Waals surface area contributed by atoms with E-state index in [1.807, 2.05) is 0 Å². The van der Waals surface area contributed by atoms with E-state index in [1.54, 1.807) is 26.0 Å². The largest absolute Gasteiger partial charge is 0.475 e. The van der Waals surface area contributed by atoms with Crippen molar-refractivity contribution in [1.29, 1.82) is 0 Å². The number of carbonyl (C=O) groups excluding carboxylic acids is 2. The fourth-order valence-electron chi connectivity index (χ4n) is 4.85. The highest BCUT2D eigenvalue weighted by molar-refractivity contribution is 6.30. The van der Waals surface area contributed by atoms with Gasteiger partial charge in [-0.25, -0.2) is 18.2 Å². The molecule has 1 aromatic carbocycles. The maximum absolute atomic E-state index is 14.2. The lowest BCUT2D eigenvalue weighted by Crippen LogP contribution is -2.55. The lowest BCUT2D eigenvalue weighted by atomic mass is 9.96. The number of rotatable bonds is 8. The monoisotopic (exact) mass is 524 g/mol. The Morgan fingerprint density at radius 2 is 1.89 bits per heavy atom. The van der Waals surface area contributed by atoms with Crippen LogP contribution in [0, 0.1) is 5.82 Å². The smallest absolute Gasteiger partial charge is 0.263 e. The van der Waals surface area contributed by atoms with Crippen LogP contribution >= 0.6 is 11.6 Å². The van der Waals surface area contributed by atoms with Crippen LogP contribution in [-0.4, -0.2) is 53.5 Å². The Morgan fingerprint density at radius 3 is 2.47 bits per heavy atom. The predicted molar refractivity (Wildman–Crippen MR) is 129 cm³/mol. The number of piperidine rings is 1. The van der Waals surface area contributed by atoms with Gasteiger partial charge in [-0.15, -0.1) is 0 Å². The zero-order chi connectivity index (χ0) is 26.0. The summed E-state index contributed by atoms with van der Waals surface area (Å²) >= 11 is 5.79. The van der Waals surface area contributed by atoms with Gasteiger partial charge in [0.25, 0.3) is 18.2 Å². The standard InChI is InChI=1S/C25H28ClF3N4O3/c1-25(2,36-20-7-4-15(26)9-19(20)27)24(35)32-16-10-17-5-6-18(11-16)33(17)22-8-3-14(12-30-22)23(34)31-13-21(28)29/h3-4,7-9,12,16-18,21H,5-6,10-11,13H2,1-2H3,(H,31,34)(H,32,35)/t16?,17-,18+. The Hall–Kier alpha value is -3.01. The van der Waals surface area contributed by atoms with Crippen LogP contribution < -0.4 is 20.3 Å². The molecule has 0 radical (unpaired) electrons. The van der Waals surface area contributed by atoms with E-state index in [9.17, 15) is 22.8 Å². The number of amides is 2. The number of alkyl halides is 2. The number of benzene rings is 1. The summed E-state index contributed by atoms with van der Waals surface area (Å²) < 4.78 is 44.5. The number of halogens is 4. The van der Waals surface area contributed by atoms with Gasteiger partial charge in [-0.1, -0.05) is 11.6 Å². The lowest BCUT2D eigenvalue weighted by molar-refractivity contribution is -0.135. The third-order valence-electron chi connectivity index (χ3n) is 6.57. The molecule has 2 bridgehead atoms. The molecule has 0 spiro atoms. The van der Waals surface area contributed by atoms with Crippen molar-refractivity contribution < 1.29 is 27.5 Å². The third-order valence-corrected chi connectivity index (χ3v) is 6.80. The second-order valence-corrected chi connectivity index (χ2v) is 10.1. The quantitative estimate of drug-likeness (QED) is 0.537. The predicted octanol–water partition coefficient (Wildman–Crippen LogP) is 4.34. The van der Waals surface area contributed by atoms with Crippen molar-refractivity contribution in [1.82, 2.24) is 15.6 Å². The van der Waals surface area contributed by atoms with Crippen molar-refractivity contribution in [2.45, 2.75) is 69.7 Å². The maximum atomic E-state index is 14.2. The normalized spacial score (nSPS) is 21.4. The molecule has 0 aliphatic carbocycles. The minimum Gasteiger partial charge on any atom is -0.475 e. The average Bonchev–Trinajstić information content (AvgIpc) is 3.09. The number of hydrogen-bond acceptors (Lipinski definition) is 5. The van der Waals surface area contributed by atoms with E-state index >= 15 is 0 Å². The second-order valence-electron chi connectivity index (χ2n) is 9.63. The summed E-state index contributed by atoms with van der Waals surface area (Å²) in [6.45, 7) is 2.46. The summed E-state index contributed by atoms with van der Waals surface area (Å²) in [4.78, 5) is 31.6. The van der Waals surface area contributed by atoms with Crippen LogP contribution in [0.15, 0.2) is 36.5 Å².